The van der Waals surface area contributed by atoms with Gasteiger partial charge in [0, 0.05) is 18.6 Å². The van der Waals surface area contributed by atoms with Gasteiger partial charge in [0.05, 0.1) is 0 Å². The smallest absolute Gasteiger partial charge is 0.0209 e. The van der Waals surface area contributed by atoms with Crippen molar-refractivity contribution in [3.63, 3.8) is 0 Å². The number of nitrogens with one attached hydrogen (secondary N) is 1. The van der Waals surface area contributed by atoms with Crippen molar-refractivity contribution in [3.8, 4) is 0 Å². The lowest BCUT2D eigenvalue weighted by molar-refractivity contribution is 0.320. The Kier molecular flexibility index (Phi) is 4.62. The van der Waals surface area contributed by atoms with Gasteiger partial charge in [-0.1, -0.05) is 0 Å². The van der Waals surface area contributed by atoms with Crippen molar-refractivity contribution in [2.24, 2.45) is 0 Å². The van der Waals surface area contributed by atoms with Gasteiger partial charge < -0.3 is 15.1 Å². The molecular weight excluding hydrogens is 198 g/mol. The van der Waals surface area contributed by atoms with Crippen LogP contribution >= 0.6 is 0 Å². The standard InChI is InChI=1S/C13H27N3/c1-12-10-13(11-15(12)2)14-6-5-9-16-7-3-4-8-16/h12-14H,3-11H2,1-2H3. The topological polar surface area (TPSA) is 18.5 Å². The first-order valence-corrected chi connectivity index (χ1v) is 6.91. The fourth-order valence-electron chi connectivity index (χ4n) is 2.96. The van der Waals surface area contributed by atoms with E-state index < -0.39 is 0 Å². The van der Waals surface area contributed by atoms with E-state index in [-0.39, 0.29) is 0 Å². The lowest BCUT2D eigenvalue weighted by Gasteiger charge is -2.16. The minimum atomic E-state index is 0.735. The molecule has 2 rings (SSSR count). The van der Waals surface area contributed by atoms with Gasteiger partial charge in [0.25, 0.3) is 0 Å². The monoisotopic (exact) mass is 225 g/mol. The van der Waals surface area contributed by atoms with Gasteiger partial charge in [-0.05, 0) is 65.8 Å². The molecule has 0 aromatic carbocycles. The highest BCUT2D eigenvalue weighted by atomic mass is 15.2. The molecule has 2 saturated heterocycles. The second-order valence-electron chi connectivity index (χ2n) is 5.58. The Labute approximate surface area is 100 Å². The summed E-state index contributed by atoms with van der Waals surface area (Å²) in [5.74, 6) is 0. The van der Waals surface area contributed by atoms with Crippen LogP contribution in [0.5, 0.6) is 0 Å². The number of likely N-dealkylation sites (tertiary alicyclic amines) is 2. The van der Waals surface area contributed by atoms with Crippen molar-refractivity contribution < 1.29 is 0 Å². The van der Waals surface area contributed by atoms with E-state index in [2.05, 4.69) is 29.1 Å². The van der Waals surface area contributed by atoms with E-state index in [9.17, 15) is 0 Å². The van der Waals surface area contributed by atoms with Gasteiger partial charge in [-0.25, -0.2) is 0 Å². The third-order valence-corrected chi connectivity index (χ3v) is 4.17. The van der Waals surface area contributed by atoms with Gasteiger partial charge in [0.1, 0.15) is 0 Å². The first-order valence-electron chi connectivity index (χ1n) is 6.91. The summed E-state index contributed by atoms with van der Waals surface area (Å²) < 4.78 is 0. The maximum Gasteiger partial charge on any atom is 0.0209 e. The van der Waals surface area contributed by atoms with Crippen LogP contribution in [0.4, 0.5) is 0 Å². The highest BCUT2D eigenvalue weighted by Crippen LogP contribution is 2.14. The summed E-state index contributed by atoms with van der Waals surface area (Å²) >= 11 is 0. The largest absolute Gasteiger partial charge is 0.313 e. The normalized spacial score (nSPS) is 32.6. The molecule has 0 aliphatic carbocycles. The maximum absolute atomic E-state index is 3.70. The Morgan fingerprint density at radius 3 is 2.62 bits per heavy atom. The van der Waals surface area contributed by atoms with E-state index >= 15 is 0 Å². The summed E-state index contributed by atoms with van der Waals surface area (Å²) in [4.78, 5) is 5.06. The highest BCUT2D eigenvalue weighted by Gasteiger charge is 2.25. The van der Waals surface area contributed by atoms with Gasteiger partial charge in [0.2, 0.25) is 0 Å². The van der Waals surface area contributed by atoms with Crippen LogP contribution in [0.15, 0.2) is 0 Å². The van der Waals surface area contributed by atoms with Crippen molar-refractivity contribution in [3.05, 3.63) is 0 Å². The molecule has 0 bridgehead atoms. The van der Waals surface area contributed by atoms with Crippen LogP contribution in [-0.2, 0) is 0 Å². The molecule has 0 saturated carbocycles. The minimum absolute atomic E-state index is 0.735. The summed E-state index contributed by atoms with van der Waals surface area (Å²) in [7, 11) is 2.23. The molecular formula is C13H27N3. The van der Waals surface area contributed by atoms with Gasteiger partial charge >= 0.3 is 0 Å². The first kappa shape index (κ1) is 12.3. The quantitative estimate of drug-likeness (QED) is 0.708. The van der Waals surface area contributed by atoms with E-state index in [0.717, 1.165) is 12.1 Å². The molecule has 0 aromatic rings. The number of likely N-dealkylation sites (N-methyl/N-ethyl adjacent to an activating group) is 1. The molecule has 0 radical (unpaired) electrons. The number of rotatable bonds is 5. The van der Waals surface area contributed by atoms with Crippen LogP contribution in [0.3, 0.4) is 0 Å². The van der Waals surface area contributed by atoms with Crippen molar-refractivity contribution in [2.75, 3.05) is 39.8 Å². The third kappa shape index (κ3) is 3.44. The molecule has 2 aliphatic rings. The molecule has 2 atom stereocenters. The molecule has 16 heavy (non-hydrogen) atoms. The van der Waals surface area contributed by atoms with Gasteiger partial charge in [-0.3, -0.25) is 0 Å². The molecule has 94 valence electrons. The van der Waals surface area contributed by atoms with Crippen molar-refractivity contribution in [2.45, 2.75) is 44.7 Å². The Hall–Kier alpha value is -0.120. The zero-order valence-electron chi connectivity index (χ0n) is 10.9. The fraction of sp³-hybridized carbons (Fsp3) is 1.00. The Morgan fingerprint density at radius 2 is 2.00 bits per heavy atom. The number of nitrogens with zero attached hydrogens (tertiary/aromatic N) is 2. The summed E-state index contributed by atoms with van der Waals surface area (Å²) in [5.41, 5.74) is 0. The average Bonchev–Trinajstić information content (AvgIpc) is 2.85. The zero-order chi connectivity index (χ0) is 11.4. The summed E-state index contributed by atoms with van der Waals surface area (Å²) in [6, 6.07) is 1.50. The molecule has 2 heterocycles. The van der Waals surface area contributed by atoms with Gasteiger partial charge in [0.15, 0.2) is 0 Å². The van der Waals surface area contributed by atoms with Crippen LogP contribution < -0.4 is 5.32 Å². The number of hydrogen-bond acceptors (Lipinski definition) is 3. The predicted molar refractivity (Wildman–Crippen MR) is 68.8 cm³/mol. The van der Waals surface area contributed by atoms with Crippen LogP contribution in [0.2, 0.25) is 0 Å². The average molecular weight is 225 g/mol. The van der Waals surface area contributed by atoms with Crippen LogP contribution in [-0.4, -0.2) is 61.7 Å². The predicted octanol–water partition coefficient (Wildman–Crippen LogP) is 1.15. The van der Waals surface area contributed by atoms with Crippen LogP contribution in [0.25, 0.3) is 0 Å². The van der Waals surface area contributed by atoms with Crippen molar-refractivity contribution >= 4 is 0 Å². The van der Waals surface area contributed by atoms with Gasteiger partial charge in [-0.2, -0.15) is 0 Å². The van der Waals surface area contributed by atoms with E-state index in [1.807, 2.05) is 0 Å². The lowest BCUT2D eigenvalue weighted by atomic mass is 10.2. The molecule has 3 heteroatoms. The van der Waals surface area contributed by atoms with Crippen LogP contribution in [0, 0.1) is 0 Å². The van der Waals surface area contributed by atoms with E-state index in [1.54, 1.807) is 0 Å². The maximum atomic E-state index is 3.70. The second-order valence-corrected chi connectivity index (χ2v) is 5.58. The van der Waals surface area contributed by atoms with E-state index in [0.29, 0.717) is 0 Å². The lowest BCUT2D eigenvalue weighted by Crippen LogP contribution is -2.33. The Bertz CT molecular complexity index is 191. The second kappa shape index (κ2) is 5.99. The molecule has 0 spiro atoms. The highest BCUT2D eigenvalue weighted by molar-refractivity contribution is 4.84. The van der Waals surface area contributed by atoms with Crippen molar-refractivity contribution in [1.82, 2.24) is 15.1 Å². The van der Waals surface area contributed by atoms with Crippen LogP contribution in [0.1, 0.15) is 32.6 Å². The minimum Gasteiger partial charge on any atom is -0.313 e. The summed E-state index contributed by atoms with van der Waals surface area (Å²) in [6.45, 7) is 8.72. The molecule has 2 unspecified atom stereocenters. The number of hydrogen-bond donors (Lipinski definition) is 1. The fourth-order valence-corrected chi connectivity index (χ4v) is 2.96. The van der Waals surface area contributed by atoms with Crippen molar-refractivity contribution in [1.29, 1.82) is 0 Å². The van der Waals surface area contributed by atoms with Gasteiger partial charge in [-0.15, -0.1) is 0 Å². The molecule has 0 amide bonds. The first-order chi connectivity index (χ1) is 7.75. The SMILES string of the molecule is CC1CC(NCCCN2CCCC2)CN1C. The zero-order valence-corrected chi connectivity index (χ0v) is 10.9. The molecule has 1 N–H and O–H groups in total. The summed E-state index contributed by atoms with van der Waals surface area (Å²) in [5, 5.41) is 3.70. The molecule has 3 nitrogen and oxygen atoms in total. The third-order valence-electron chi connectivity index (χ3n) is 4.17. The van der Waals surface area contributed by atoms with E-state index in [4.69, 9.17) is 0 Å². The molecule has 2 aliphatic heterocycles. The van der Waals surface area contributed by atoms with E-state index in [1.165, 1.54) is 58.4 Å². The molecule has 0 aromatic heterocycles. The Morgan fingerprint density at radius 1 is 1.25 bits per heavy atom. The Balaban J connectivity index is 1.51. The molecule has 2 fully saturated rings. The summed E-state index contributed by atoms with van der Waals surface area (Å²) in [6.07, 6.45) is 5.46.